The summed E-state index contributed by atoms with van der Waals surface area (Å²) in [6, 6.07) is 38.1. The summed E-state index contributed by atoms with van der Waals surface area (Å²) >= 11 is 0. The second-order valence-electron chi connectivity index (χ2n) is 7.37. The lowest BCUT2D eigenvalue weighted by atomic mass is 10.1. The van der Waals surface area contributed by atoms with Crippen molar-refractivity contribution >= 4 is 29.3 Å². The van der Waals surface area contributed by atoms with E-state index in [0.717, 1.165) is 21.9 Å². The van der Waals surface area contributed by atoms with E-state index in [2.05, 4.69) is 5.32 Å². The van der Waals surface area contributed by atoms with Crippen molar-refractivity contribution < 1.29 is 9.36 Å². The van der Waals surface area contributed by atoms with Crippen LogP contribution in [0.4, 0.5) is 5.69 Å². The van der Waals surface area contributed by atoms with E-state index in [9.17, 15) is 9.36 Å². The van der Waals surface area contributed by atoms with Gasteiger partial charge >= 0.3 is 0 Å². The van der Waals surface area contributed by atoms with Crippen LogP contribution in [0.25, 0.3) is 0 Å². The monoisotopic (exact) mass is 425 g/mol. The van der Waals surface area contributed by atoms with Gasteiger partial charge in [-0.3, -0.25) is 4.79 Å². The molecule has 4 aromatic carbocycles. The Bertz CT molecular complexity index is 1120. The summed E-state index contributed by atoms with van der Waals surface area (Å²) < 4.78 is 14.9. The van der Waals surface area contributed by atoms with Gasteiger partial charge in [0, 0.05) is 22.7 Å². The fraction of sp³-hybridized carbons (Fsp3) is 0.0741. The Morgan fingerprint density at radius 2 is 1.06 bits per heavy atom. The van der Waals surface area contributed by atoms with Crippen LogP contribution in [-0.4, -0.2) is 5.91 Å². The number of carbonyl (C=O) groups excluding carboxylic acids is 1. The highest BCUT2D eigenvalue weighted by Crippen LogP contribution is 2.58. The zero-order valence-electron chi connectivity index (χ0n) is 17.1. The van der Waals surface area contributed by atoms with E-state index in [1.54, 1.807) is 0 Å². The fourth-order valence-corrected chi connectivity index (χ4v) is 7.11. The fourth-order valence-electron chi connectivity index (χ4n) is 3.85. The van der Waals surface area contributed by atoms with Crippen LogP contribution in [0.5, 0.6) is 0 Å². The van der Waals surface area contributed by atoms with E-state index in [-0.39, 0.29) is 12.3 Å². The first-order valence-electron chi connectivity index (χ1n) is 10.3. The van der Waals surface area contributed by atoms with Crippen molar-refractivity contribution in [3.05, 3.63) is 127 Å². The number of nitrogens with one attached hydrogen (secondary N) is 1. The Balaban J connectivity index is 1.80. The van der Waals surface area contributed by atoms with Crippen molar-refractivity contribution in [2.24, 2.45) is 0 Å². The van der Waals surface area contributed by atoms with Crippen molar-refractivity contribution in [2.75, 3.05) is 5.32 Å². The molecule has 3 nitrogen and oxygen atoms in total. The molecule has 0 radical (unpaired) electrons. The second kappa shape index (κ2) is 9.59. The number of anilines is 1. The molecule has 0 saturated carbocycles. The number of hydrogen-bond acceptors (Lipinski definition) is 2. The molecule has 0 aromatic heterocycles. The van der Waals surface area contributed by atoms with E-state index >= 15 is 0 Å². The van der Waals surface area contributed by atoms with Gasteiger partial charge in [-0.2, -0.15) is 0 Å². The Labute approximate surface area is 183 Å². The van der Waals surface area contributed by atoms with Crippen LogP contribution in [0.15, 0.2) is 121 Å². The Morgan fingerprint density at radius 1 is 0.645 bits per heavy atom. The molecule has 0 bridgehead atoms. The predicted octanol–water partition coefficient (Wildman–Crippen LogP) is 5.77. The van der Waals surface area contributed by atoms with Gasteiger partial charge in [0.2, 0.25) is 5.91 Å². The Morgan fingerprint density at radius 3 is 1.55 bits per heavy atom. The van der Waals surface area contributed by atoms with Crippen molar-refractivity contribution in [1.82, 2.24) is 0 Å². The largest absolute Gasteiger partial charge is 0.326 e. The first kappa shape index (κ1) is 20.8. The first-order valence-corrected chi connectivity index (χ1v) is 12.1. The maximum absolute atomic E-state index is 14.9. The van der Waals surface area contributed by atoms with Crippen molar-refractivity contribution in [3.8, 4) is 0 Å². The van der Waals surface area contributed by atoms with E-state index in [4.69, 9.17) is 0 Å². The maximum Gasteiger partial charge on any atom is 0.225 e. The number of hydrogen-bond donors (Lipinski definition) is 1. The lowest BCUT2D eigenvalue weighted by Crippen LogP contribution is -2.25. The summed E-state index contributed by atoms with van der Waals surface area (Å²) in [5, 5.41) is 4.46. The van der Waals surface area contributed by atoms with Crippen LogP contribution in [0.3, 0.4) is 0 Å². The standard InChI is InChI=1S/C27H24NO2P/c29-27(28-23-15-7-2-8-16-23)21-26(22-13-5-1-6-14-22)31(30,24-17-9-3-10-18-24)25-19-11-4-12-20-25/h1-20,26H,21H2,(H,28,29). The van der Waals surface area contributed by atoms with Crippen LogP contribution in [0.1, 0.15) is 17.6 Å². The lowest BCUT2D eigenvalue weighted by Gasteiger charge is -2.29. The third-order valence-electron chi connectivity index (χ3n) is 5.34. The molecule has 0 fully saturated rings. The summed E-state index contributed by atoms with van der Waals surface area (Å²) in [6.45, 7) is 0. The summed E-state index contributed by atoms with van der Waals surface area (Å²) in [5.74, 6) is -0.160. The number of para-hydroxylation sites is 1. The number of carbonyl (C=O) groups is 1. The molecule has 0 saturated heterocycles. The summed E-state index contributed by atoms with van der Waals surface area (Å²) in [6.07, 6.45) is 0.111. The van der Waals surface area contributed by atoms with Crippen LogP contribution < -0.4 is 15.9 Å². The molecule has 4 aromatic rings. The van der Waals surface area contributed by atoms with Crippen LogP contribution in [0.2, 0.25) is 0 Å². The predicted molar refractivity (Wildman–Crippen MR) is 129 cm³/mol. The minimum absolute atomic E-state index is 0.111. The Kier molecular flexibility index (Phi) is 6.45. The number of benzene rings is 4. The van der Waals surface area contributed by atoms with Gasteiger partial charge in [-0.1, -0.05) is 109 Å². The quantitative estimate of drug-likeness (QED) is 0.382. The molecule has 1 unspecified atom stereocenters. The highest BCUT2D eigenvalue weighted by molar-refractivity contribution is 7.79. The molecular weight excluding hydrogens is 401 g/mol. The van der Waals surface area contributed by atoms with Gasteiger partial charge < -0.3 is 9.88 Å². The molecular formula is C27H24NO2P. The maximum atomic E-state index is 14.9. The molecule has 0 aliphatic rings. The molecule has 31 heavy (non-hydrogen) atoms. The zero-order valence-corrected chi connectivity index (χ0v) is 18.0. The van der Waals surface area contributed by atoms with Crippen molar-refractivity contribution in [2.45, 2.75) is 12.1 Å². The molecule has 0 heterocycles. The van der Waals surface area contributed by atoms with E-state index in [1.807, 2.05) is 121 Å². The summed E-state index contributed by atoms with van der Waals surface area (Å²) in [4.78, 5) is 13.1. The molecule has 0 aliphatic heterocycles. The summed E-state index contributed by atoms with van der Waals surface area (Å²) in [7, 11) is -3.18. The molecule has 4 rings (SSSR count). The smallest absolute Gasteiger partial charge is 0.225 e. The van der Waals surface area contributed by atoms with Gasteiger partial charge in [-0.05, 0) is 17.7 Å². The highest BCUT2D eigenvalue weighted by atomic mass is 31.2. The van der Waals surface area contributed by atoms with Gasteiger partial charge in [0.25, 0.3) is 0 Å². The zero-order chi connectivity index (χ0) is 21.5. The van der Waals surface area contributed by atoms with Crippen molar-refractivity contribution in [1.29, 1.82) is 0 Å². The SMILES string of the molecule is O=C(CC(c1ccccc1)P(=O)(c1ccccc1)c1ccccc1)Nc1ccccc1. The highest BCUT2D eigenvalue weighted by Gasteiger charge is 2.38. The molecule has 0 spiro atoms. The van der Waals surface area contributed by atoms with Crippen LogP contribution in [-0.2, 0) is 9.36 Å². The normalized spacial score (nSPS) is 12.1. The molecule has 1 N–H and O–H groups in total. The number of rotatable bonds is 7. The van der Waals surface area contributed by atoms with Crippen LogP contribution in [0, 0.1) is 0 Å². The van der Waals surface area contributed by atoms with Gasteiger partial charge in [-0.25, -0.2) is 0 Å². The average molecular weight is 425 g/mol. The minimum Gasteiger partial charge on any atom is -0.326 e. The van der Waals surface area contributed by atoms with Gasteiger partial charge in [0.05, 0.1) is 5.66 Å². The molecule has 1 atom stereocenters. The van der Waals surface area contributed by atoms with Gasteiger partial charge in [0.15, 0.2) is 7.14 Å². The third kappa shape index (κ3) is 4.68. The molecule has 1 amide bonds. The van der Waals surface area contributed by atoms with Crippen LogP contribution >= 0.6 is 7.14 Å². The topological polar surface area (TPSA) is 46.2 Å². The third-order valence-corrected chi connectivity index (χ3v) is 8.83. The van der Waals surface area contributed by atoms with Crippen molar-refractivity contribution in [3.63, 3.8) is 0 Å². The van der Waals surface area contributed by atoms with E-state index in [1.165, 1.54) is 0 Å². The van der Waals surface area contributed by atoms with E-state index < -0.39 is 12.8 Å². The number of amides is 1. The molecule has 0 aliphatic carbocycles. The molecule has 4 heteroatoms. The first-order chi connectivity index (χ1) is 15.2. The minimum atomic E-state index is -3.18. The summed E-state index contributed by atoms with van der Waals surface area (Å²) in [5.41, 5.74) is 1.14. The van der Waals surface area contributed by atoms with Gasteiger partial charge in [-0.15, -0.1) is 0 Å². The average Bonchev–Trinajstić information content (AvgIpc) is 2.84. The Hall–Kier alpha value is -3.42. The lowest BCUT2D eigenvalue weighted by molar-refractivity contribution is -0.116. The second-order valence-corrected chi connectivity index (χ2v) is 10.3. The molecule has 154 valence electrons. The van der Waals surface area contributed by atoms with Gasteiger partial charge in [0.1, 0.15) is 0 Å². The van der Waals surface area contributed by atoms with E-state index in [0.29, 0.717) is 0 Å².